The molecule has 3 aromatic rings. The molecule has 10 heteroatoms. The van der Waals surface area contributed by atoms with E-state index in [4.69, 9.17) is 4.74 Å². The average molecular weight is 500 g/mol. The van der Waals surface area contributed by atoms with Gasteiger partial charge in [-0.3, -0.25) is 4.79 Å². The monoisotopic (exact) mass is 499 g/mol. The molecule has 35 heavy (non-hydrogen) atoms. The molecule has 1 aliphatic heterocycles. The van der Waals surface area contributed by atoms with Crippen LogP contribution in [0.4, 0.5) is 0 Å². The average Bonchev–Trinajstić information content (AvgIpc) is 3.31. The number of carbonyl (C=O) groups excluding carboxylic acids is 1. The number of benzene rings is 2. The Morgan fingerprint density at radius 2 is 1.86 bits per heavy atom. The lowest BCUT2D eigenvalue weighted by atomic mass is 9.97. The fourth-order valence-corrected chi connectivity index (χ4v) is 5.78. The van der Waals surface area contributed by atoms with E-state index in [-0.39, 0.29) is 22.8 Å². The maximum atomic E-state index is 13.2. The highest BCUT2D eigenvalue weighted by Gasteiger charge is 2.32. The highest BCUT2D eigenvalue weighted by molar-refractivity contribution is 7.89. The third-order valence-corrected chi connectivity index (χ3v) is 8.51. The SMILES string of the molecule is CCOc1ccc(CNC(=O)C2CCN(S(=O)(=O)c3ccc4c(c3)nnn4C(C)CC)CC2)cc1. The molecule has 0 spiro atoms. The van der Waals surface area contributed by atoms with Crippen LogP contribution in [0.25, 0.3) is 11.0 Å². The first-order chi connectivity index (χ1) is 16.8. The lowest BCUT2D eigenvalue weighted by molar-refractivity contribution is -0.126. The molecule has 2 aromatic carbocycles. The Morgan fingerprint density at radius 3 is 2.51 bits per heavy atom. The van der Waals surface area contributed by atoms with Crippen LogP contribution in [0, 0.1) is 5.92 Å². The van der Waals surface area contributed by atoms with Crippen LogP contribution in [0.15, 0.2) is 47.4 Å². The van der Waals surface area contributed by atoms with Crippen molar-refractivity contribution < 1.29 is 17.9 Å². The Morgan fingerprint density at radius 1 is 1.14 bits per heavy atom. The molecule has 1 N–H and O–H groups in total. The predicted molar refractivity (Wildman–Crippen MR) is 133 cm³/mol. The summed E-state index contributed by atoms with van der Waals surface area (Å²) in [6.07, 6.45) is 1.88. The number of carbonyl (C=O) groups is 1. The smallest absolute Gasteiger partial charge is 0.243 e. The fourth-order valence-electron chi connectivity index (χ4n) is 4.29. The van der Waals surface area contributed by atoms with E-state index in [1.54, 1.807) is 18.2 Å². The Bertz CT molecular complexity index is 1260. The zero-order chi connectivity index (χ0) is 25.0. The number of ether oxygens (including phenoxy) is 1. The number of amides is 1. The first kappa shape index (κ1) is 25.1. The molecule has 1 unspecified atom stereocenters. The third-order valence-electron chi connectivity index (χ3n) is 6.61. The zero-order valence-corrected chi connectivity index (χ0v) is 21.3. The molecule has 9 nitrogen and oxygen atoms in total. The Hall–Kier alpha value is -2.98. The molecule has 4 rings (SSSR count). The number of piperidine rings is 1. The molecule has 2 heterocycles. The van der Waals surface area contributed by atoms with Crippen molar-refractivity contribution in [3.63, 3.8) is 0 Å². The molecule has 0 aliphatic carbocycles. The van der Waals surface area contributed by atoms with Gasteiger partial charge in [-0.05, 0) is 69.0 Å². The van der Waals surface area contributed by atoms with Crippen LogP contribution in [0.3, 0.4) is 0 Å². The van der Waals surface area contributed by atoms with Crippen molar-refractivity contribution in [3.05, 3.63) is 48.0 Å². The van der Waals surface area contributed by atoms with Crippen LogP contribution < -0.4 is 10.1 Å². The van der Waals surface area contributed by atoms with Crippen LogP contribution in [-0.4, -0.2) is 53.3 Å². The molecule has 1 fully saturated rings. The Kier molecular flexibility index (Phi) is 7.71. The van der Waals surface area contributed by atoms with E-state index in [1.807, 2.05) is 35.9 Å². The van der Waals surface area contributed by atoms with E-state index in [2.05, 4.69) is 29.5 Å². The van der Waals surface area contributed by atoms with Gasteiger partial charge in [0.2, 0.25) is 15.9 Å². The zero-order valence-electron chi connectivity index (χ0n) is 20.5. The van der Waals surface area contributed by atoms with Crippen LogP contribution in [0.5, 0.6) is 5.75 Å². The van der Waals surface area contributed by atoms with E-state index >= 15 is 0 Å². The topological polar surface area (TPSA) is 106 Å². The maximum Gasteiger partial charge on any atom is 0.243 e. The summed E-state index contributed by atoms with van der Waals surface area (Å²) in [6.45, 7) is 7.71. The quantitative estimate of drug-likeness (QED) is 0.483. The summed E-state index contributed by atoms with van der Waals surface area (Å²) in [5.74, 6) is 0.552. The molecule has 1 atom stereocenters. The third kappa shape index (κ3) is 5.48. The molecule has 1 amide bonds. The van der Waals surface area contributed by atoms with Crippen molar-refractivity contribution in [1.82, 2.24) is 24.6 Å². The van der Waals surface area contributed by atoms with Gasteiger partial charge in [0.15, 0.2) is 0 Å². The molecule has 188 valence electrons. The highest BCUT2D eigenvalue weighted by atomic mass is 32.2. The van der Waals surface area contributed by atoms with Gasteiger partial charge in [0.05, 0.1) is 23.1 Å². The summed E-state index contributed by atoms with van der Waals surface area (Å²) in [7, 11) is -3.67. The van der Waals surface area contributed by atoms with Crippen LogP contribution in [0.1, 0.15) is 51.6 Å². The van der Waals surface area contributed by atoms with Crippen molar-refractivity contribution in [2.75, 3.05) is 19.7 Å². The second kappa shape index (κ2) is 10.7. The number of hydrogen-bond donors (Lipinski definition) is 1. The number of nitrogens with one attached hydrogen (secondary N) is 1. The van der Waals surface area contributed by atoms with E-state index in [0.29, 0.717) is 44.6 Å². The van der Waals surface area contributed by atoms with Gasteiger partial charge in [-0.25, -0.2) is 13.1 Å². The van der Waals surface area contributed by atoms with Gasteiger partial charge in [-0.1, -0.05) is 24.3 Å². The van der Waals surface area contributed by atoms with Crippen LogP contribution in [0.2, 0.25) is 0 Å². The largest absolute Gasteiger partial charge is 0.494 e. The molecule has 0 saturated carbocycles. The van der Waals surface area contributed by atoms with Crippen molar-refractivity contribution in [3.8, 4) is 5.75 Å². The van der Waals surface area contributed by atoms with Gasteiger partial charge in [0, 0.05) is 25.6 Å². The summed E-state index contributed by atoms with van der Waals surface area (Å²) in [6, 6.07) is 12.8. The molecule has 1 saturated heterocycles. The first-order valence-corrected chi connectivity index (χ1v) is 13.6. The first-order valence-electron chi connectivity index (χ1n) is 12.2. The minimum Gasteiger partial charge on any atom is -0.494 e. The standard InChI is InChI=1S/C25H33N5O4S/c1-4-18(3)30-24-11-10-22(16-23(24)27-28-30)35(32,33)29-14-12-20(13-15-29)25(31)26-17-19-6-8-21(9-7-19)34-5-2/h6-11,16,18,20H,4-5,12-15,17H2,1-3H3,(H,26,31). The second-order valence-electron chi connectivity index (χ2n) is 8.91. The molecule has 0 bridgehead atoms. The second-order valence-corrected chi connectivity index (χ2v) is 10.9. The normalized spacial score (nSPS) is 16.3. The fraction of sp³-hybridized carbons (Fsp3) is 0.480. The van der Waals surface area contributed by atoms with E-state index < -0.39 is 10.0 Å². The molecular weight excluding hydrogens is 466 g/mol. The summed E-state index contributed by atoms with van der Waals surface area (Å²) in [4.78, 5) is 12.9. The van der Waals surface area contributed by atoms with Crippen LogP contribution >= 0.6 is 0 Å². The van der Waals surface area contributed by atoms with E-state index in [1.165, 1.54) is 4.31 Å². The summed E-state index contributed by atoms with van der Waals surface area (Å²) in [5.41, 5.74) is 2.37. The van der Waals surface area contributed by atoms with Crippen molar-refractivity contribution in [2.45, 2.75) is 57.5 Å². The number of sulfonamides is 1. The maximum absolute atomic E-state index is 13.2. The highest BCUT2D eigenvalue weighted by Crippen LogP contribution is 2.27. The number of fused-ring (bicyclic) bond motifs is 1. The van der Waals surface area contributed by atoms with Gasteiger partial charge < -0.3 is 10.1 Å². The Labute approximate surface area is 206 Å². The number of aromatic nitrogens is 3. The van der Waals surface area contributed by atoms with E-state index in [9.17, 15) is 13.2 Å². The number of hydrogen-bond acceptors (Lipinski definition) is 6. The number of nitrogens with zero attached hydrogens (tertiary/aromatic N) is 4. The summed E-state index contributed by atoms with van der Waals surface area (Å²) >= 11 is 0. The summed E-state index contributed by atoms with van der Waals surface area (Å²) < 4.78 is 35.2. The lowest BCUT2D eigenvalue weighted by Crippen LogP contribution is -2.42. The molecular formula is C25H33N5O4S. The van der Waals surface area contributed by atoms with Gasteiger partial charge in [0.1, 0.15) is 11.3 Å². The van der Waals surface area contributed by atoms with Crippen LogP contribution in [-0.2, 0) is 21.4 Å². The van der Waals surface area contributed by atoms with Gasteiger partial charge in [0.25, 0.3) is 0 Å². The minimum absolute atomic E-state index is 0.0426. The molecule has 1 aromatic heterocycles. The van der Waals surface area contributed by atoms with Gasteiger partial charge in [-0.15, -0.1) is 5.10 Å². The van der Waals surface area contributed by atoms with Crippen molar-refractivity contribution in [2.24, 2.45) is 5.92 Å². The van der Waals surface area contributed by atoms with Gasteiger partial charge in [-0.2, -0.15) is 4.31 Å². The molecule has 0 radical (unpaired) electrons. The molecule has 1 aliphatic rings. The predicted octanol–water partition coefficient (Wildman–Crippen LogP) is 3.52. The van der Waals surface area contributed by atoms with Crippen molar-refractivity contribution in [1.29, 1.82) is 0 Å². The van der Waals surface area contributed by atoms with Crippen molar-refractivity contribution >= 4 is 27.0 Å². The minimum atomic E-state index is -3.67. The summed E-state index contributed by atoms with van der Waals surface area (Å²) in [5, 5.41) is 11.3. The Balaban J connectivity index is 1.34. The lowest BCUT2D eigenvalue weighted by Gasteiger charge is -2.30. The van der Waals surface area contributed by atoms with Gasteiger partial charge >= 0.3 is 0 Å². The van der Waals surface area contributed by atoms with E-state index in [0.717, 1.165) is 23.3 Å². The number of rotatable bonds is 9.